The van der Waals surface area contributed by atoms with Gasteiger partial charge in [-0.3, -0.25) is 5.32 Å². The van der Waals surface area contributed by atoms with Gasteiger partial charge in [-0.2, -0.15) is 0 Å². The Bertz CT molecular complexity index is 1510. The van der Waals surface area contributed by atoms with Crippen molar-refractivity contribution in [3.8, 4) is 21.0 Å². The first kappa shape index (κ1) is 29.7. The number of amides is 1. The van der Waals surface area contributed by atoms with E-state index in [4.69, 9.17) is 4.74 Å². The number of hydrogen-bond acceptors (Lipinski definition) is 8. The lowest BCUT2D eigenvalue weighted by atomic mass is 10.1. The fourth-order valence-electron chi connectivity index (χ4n) is 3.36. The maximum absolute atomic E-state index is 13.4. The van der Waals surface area contributed by atoms with Crippen molar-refractivity contribution in [2.75, 3.05) is 11.6 Å². The molecule has 0 aliphatic heterocycles. The normalized spacial score (nSPS) is 12.5. The highest BCUT2D eigenvalue weighted by Gasteiger charge is 2.26. The number of ether oxygens (including phenoxy) is 1. The number of nitrogens with zero attached hydrogens (tertiary/aromatic N) is 1. The summed E-state index contributed by atoms with van der Waals surface area (Å²) in [5.41, 5.74) is 1.57. The van der Waals surface area contributed by atoms with Crippen molar-refractivity contribution in [1.82, 2.24) is 14.4 Å². The molecule has 0 spiro atoms. The van der Waals surface area contributed by atoms with Gasteiger partial charge in [0.25, 0.3) is 0 Å². The van der Waals surface area contributed by atoms with Crippen LogP contribution in [-0.4, -0.2) is 45.8 Å². The molecule has 10 nitrogen and oxygen atoms in total. The first-order valence-corrected chi connectivity index (χ1v) is 15.9. The summed E-state index contributed by atoms with van der Waals surface area (Å²) in [7, 11) is -7.41. The maximum atomic E-state index is 13.4. The van der Waals surface area contributed by atoms with Crippen LogP contribution in [-0.2, 0) is 31.3 Å². The predicted octanol–water partition coefficient (Wildman–Crippen LogP) is 4.56. The number of sulfonamides is 2. The average molecular weight is 581 g/mol. The second-order valence-corrected chi connectivity index (χ2v) is 14.5. The van der Waals surface area contributed by atoms with Crippen LogP contribution >= 0.6 is 11.3 Å². The van der Waals surface area contributed by atoms with E-state index in [0.717, 1.165) is 11.8 Å². The summed E-state index contributed by atoms with van der Waals surface area (Å²) in [4.78, 5) is 17.0. The summed E-state index contributed by atoms with van der Waals surface area (Å²) in [6.07, 6.45) is 1.86. The van der Waals surface area contributed by atoms with E-state index in [-0.39, 0.29) is 17.5 Å². The van der Waals surface area contributed by atoms with Crippen molar-refractivity contribution in [2.24, 2.45) is 0 Å². The summed E-state index contributed by atoms with van der Waals surface area (Å²) in [5.74, 6) is 0. The number of anilines is 1. The zero-order valence-electron chi connectivity index (χ0n) is 22.0. The third-order valence-electron chi connectivity index (χ3n) is 4.81. The standard InChI is InChI=1S/C25H32N4O6S3/c1-16(2)35-24(30)28-19-10-8-18(9-11-19)23-26-15-21(36-23)20-12-7-17(14-27-37(6,31)32)13-22(20)38(33,34)29-25(3,4)5/h7-13,15-16,27,29H,14H2,1-6H3,(H,28,30). The number of nitrogens with one attached hydrogen (secondary N) is 3. The molecule has 13 heteroatoms. The van der Waals surface area contributed by atoms with E-state index in [1.165, 1.54) is 17.4 Å². The molecule has 3 aromatic rings. The minimum Gasteiger partial charge on any atom is -0.447 e. The van der Waals surface area contributed by atoms with Gasteiger partial charge in [0.15, 0.2) is 0 Å². The van der Waals surface area contributed by atoms with E-state index in [2.05, 4.69) is 19.7 Å². The Balaban J connectivity index is 1.94. The molecule has 0 saturated heterocycles. The molecule has 1 heterocycles. The monoisotopic (exact) mass is 580 g/mol. The average Bonchev–Trinajstić information content (AvgIpc) is 3.25. The van der Waals surface area contributed by atoms with Crippen molar-refractivity contribution >= 4 is 43.2 Å². The number of rotatable bonds is 9. The number of thiazole rings is 1. The summed E-state index contributed by atoms with van der Waals surface area (Å²) >= 11 is 1.31. The zero-order valence-corrected chi connectivity index (χ0v) is 24.5. The van der Waals surface area contributed by atoms with Crippen LogP contribution in [0, 0.1) is 0 Å². The first-order valence-electron chi connectivity index (χ1n) is 11.7. The van der Waals surface area contributed by atoms with Crippen LogP contribution in [0.25, 0.3) is 21.0 Å². The number of carbonyl (C=O) groups is 1. The minimum absolute atomic E-state index is 0.0265. The topological polar surface area (TPSA) is 144 Å². The van der Waals surface area contributed by atoms with Crippen molar-refractivity contribution in [3.63, 3.8) is 0 Å². The fraction of sp³-hybridized carbons (Fsp3) is 0.360. The number of hydrogen-bond donors (Lipinski definition) is 3. The van der Waals surface area contributed by atoms with Crippen LogP contribution in [0.2, 0.25) is 0 Å². The van der Waals surface area contributed by atoms with Gasteiger partial charge in [0.05, 0.1) is 22.1 Å². The molecule has 2 aromatic carbocycles. The fourth-order valence-corrected chi connectivity index (χ4v) is 6.51. The highest BCUT2D eigenvalue weighted by atomic mass is 32.2. The van der Waals surface area contributed by atoms with Crippen LogP contribution in [0.5, 0.6) is 0 Å². The van der Waals surface area contributed by atoms with Gasteiger partial charge in [-0.15, -0.1) is 11.3 Å². The van der Waals surface area contributed by atoms with Gasteiger partial charge in [0.2, 0.25) is 20.0 Å². The van der Waals surface area contributed by atoms with Crippen molar-refractivity contribution in [2.45, 2.75) is 57.7 Å². The molecule has 0 saturated carbocycles. The van der Waals surface area contributed by atoms with Crippen LogP contribution in [0.15, 0.2) is 53.6 Å². The van der Waals surface area contributed by atoms with E-state index in [0.29, 0.717) is 26.7 Å². The molecule has 0 aliphatic carbocycles. The van der Waals surface area contributed by atoms with Crippen molar-refractivity contribution in [1.29, 1.82) is 0 Å². The molecule has 1 aromatic heterocycles. The lowest BCUT2D eigenvalue weighted by Gasteiger charge is -2.22. The molecule has 0 fully saturated rings. The SMILES string of the molecule is CC(C)OC(=O)Nc1ccc(-c2ncc(-c3ccc(CNS(C)(=O)=O)cc3S(=O)(=O)NC(C)(C)C)s2)cc1. The van der Waals surface area contributed by atoms with Gasteiger partial charge in [0.1, 0.15) is 5.01 Å². The van der Waals surface area contributed by atoms with E-state index in [1.807, 2.05) is 0 Å². The summed E-state index contributed by atoms with van der Waals surface area (Å²) in [5, 5.41) is 3.31. The van der Waals surface area contributed by atoms with Gasteiger partial charge in [-0.25, -0.2) is 36.1 Å². The molecule has 0 radical (unpaired) electrons. The minimum atomic E-state index is -3.95. The van der Waals surface area contributed by atoms with Crippen LogP contribution in [0.1, 0.15) is 40.2 Å². The van der Waals surface area contributed by atoms with Crippen molar-refractivity contribution in [3.05, 3.63) is 54.2 Å². The molecule has 1 amide bonds. The highest BCUT2D eigenvalue weighted by Crippen LogP contribution is 2.36. The predicted molar refractivity (Wildman–Crippen MR) is 150 cm³/mol. The second-order valence-electron chi connectivity index (χ2n) is 9.97. The first-order chi connectivity index (χ1) is 17.5. The lowest BCUT2D eigenvalue weighted by Crippen LogP contribution is -2.40. The Kier molecular flexibility index (Phi) is 8.99. The van der Waals surface area contributed by atoms with E-state index in [9.17, 15) is 21.6 Å². The smallest absolute Gasteiger partial charge is 0.411 e. The molecule has 0 atom stereocenters. The molecule has 0 bridgehead atoms. The summed E-state index contributed by atoms with van der Waals surface area (Å²) < 4.78 is 59.9. The van der Waals surface area contributed by atoms with Crippen LogP contribution in [0.4, 0.5) is 10.5 Å². The molecule has 0 unspecified atom stereocenters. The lowest BCUT2D eigenvalue weighted by molar-refractivity contribution is 0.130. The Hall–Kier alpha value is -2.84. The molecule has 3 rings (SSSR count). The van der Waals surface area contributed by atoms with Gasteiger partial charge in [0, 0.05) is 35.1 Å². The molecule has 0 aliphatic rings. The molecule has 38 heavy (non-hydrogen) atoms. The van der Waals surface area contributed by atoms with E-state index >= 15 is 0 Å². The van der Waals surface area contributed by atoms with Gasteiger partial charge in [-0.05, 0) is 70.5 Å². The van der Waals surface area contributed by atoms with Gasteiger partial charge < -0.3 is 4.74 Å². The largest absolute Gasteiger partial charge is 0.447 e. The number of carbonyl (C=O) groups excluding carboxylic acids is 1. The van der Waals surface area contributed by atoms with Crippen LogP contribution < -0.4 is 14.8 Å². The van der Waals surface area contributed by atoms with Gasteiger partial charge >= 0.3 is 6.09 Å². The Labute approximate surface area is 228 Å². The quantitative estimate of drug-likeness (QED) is 0.337. The molecular weight excluding hydrogens is 548 g/mol. The number of benzene rings is 2. The van der Waals surface area contributed by atoms with Crippen molar-refractivity contribution < 1.29 is 26.4 Å². The molecule has 3 N–H and O–H groups in total. The Morgan fingerprint density at radius 1 is 1.05 bits per heavy atom. The molecule has 206 valence electrons. The van der Waals surface area contributed by atoms with E-state index in [1.54, 1.807) is 77.2 Å². The third kappa shape index (κ3) is 8.60. The third-order valence-corrected chi connectivity index (χ3v) is 8.35. The Morgan fingerprint density at radius 2 is 1.71 bits per heavy atom. The van der Waals surface area contributed by atoms with E-state index < -0.39 is 31.7 Å². The number of aromatic nitrogens is 1. The molecular formula is C25H32N4O6S3. The summed E-state index contributed by atoms with van der Waals surface area (Å²) in [6, 6.07) is 11.9. The highest BCUT2D eigenvalue weighted by molar-refractivity contribution is 7.89. The Morgan fingerprint density at radius 3 is 2.29 bits per heavy atom. The second kappa shape index (κ2) is 11.5. The zero-order chi connectivity index (χ0) is 28.3. The van der Waals surface area contributed by atoms with Gasteiger partial charge in [-0.1, -0.05) is 12.1 Å². The van der Waals surface area contributed by atoms with Crippen LogP contribution in [0.3, 0.4) is 0 Å². The summed E-state index contributed by atoms with van der Waals surface area (Å²) in [6.45, 7) is 8.70. The maximum Gasteiger partial charge on any atom is 0.411 e.